The first kappa shape index (κ1) is 15.7. The molecule has 3 aromatic rings. The van der Waals surface area contributed by atoms with E-state index in [1.807, 2.05) is 53.9 Å². The zero-order chi connectivity index (χ0) is 17.2. The summed E-state index contributed by atoms with van der Waals surface area (Å²) in [5, 5.41) is 3.31. The summed E-state index contributed by atoms with van der Waals surface area (Å²) < 4.78 is 0. The van der Waals surface area contributed by atoms with Gasteiger partial charge in [-0.1, -0.05) is 18.2 Å². The van der Waals surface area contributed by atoms with E-state index >= 15 is 0 Å². The molecular weight excluding hydrogens is 352 g/mol. The molecule has 2 N–H and O–H groups in total. The number of thiophene rings is 1. The fourth-order valence-corrected chi connectivity index (χ4v) is 3.79. The summed E-state index contributed by atoms with van der Waals surface area (Å²) in [5.74, 6) is 0.0705. The molecule has 7 heteroatoms. The van der Waals surface area contributed by atoms with Gasteiger partial charge in [0.25, 0.3) is 5.91 Å². The van der Waals surface area contributed by atoms with Crippen LogP contribution in [0.2, 0.25) is 0 Å². The summed E-state index contributed by atoms with van der Waals surface area (Å²) in [5.41, 5.74) is 7.79. The molecule has 4 rings (SSSR count). The lowest BCUT2D eigenvalue weighted by Crippen LogP contribution is -2.12. The first-order valence-electron chi connectivity index (χ1n) is 7.44. The Bertz CT molecular complexity index is 1050. The van der Waals surface area contributed by atoms with Crippen LogP contribution in [0.3, 0.4) is 0 Å². The topological polar surface area (TPSA) is 80.7 Å². The van der Waals surface area contributed by atoms with Crippen molar-refractivity contribution in [3.8, 4) is 0 Å². The second-order valence-electron chi connectivity index (χ2n) is 5.24. The van der Waals surface area contributed by atoms with Crippen LogP contribution < -0.4 is 5.73 Å². The second-order valence-corrected chi connectivity index (χ2v) is 7.20. The number of benzene rings is 1. The monoisotopic (exact) mass is 364 g/mol. The molecule has 1 aliphatic heterocycles. The molecule has 0 fully saturated rings. The number of nitrogens with two attached hydrogens (primary N) is 1. The Kier molecular flexibility index (Phi) is 4.17. The fraction of sp³-hybridized carbons (Fsp3) is 0. The van der Waals surface area contributed by atoms with E-state index in [1.54, 1.807) is 6.20 Å². The maximum absolute atomic E-state index is 12.1. The van der Waals surface area contributed by atoms with E-state index in [0.717, 1.165) is 21.3 Å². The smallest absolute Gasteiger partial charge is 0.286 e. The first-order chi connectivity index (χ1) is 12.2. The lowest BCUT2D eigenvalue weighted by atomic mass is 10.1. The van der Waals surface area contributed by atoms with E-state index in [0.29, 0.717) is 15.9 Å². The van der Waals surface area contributed by atoms with Gasteiger partial charge in [0.2, 0.25) is 0 Å². The largest absolute Gasteiger partial charge is 0.382 e. The minimum atomic E-state index is -0.297. The van der Waals surface area contributed by atoms with Crippen molar-refractivity contribution >= 4 is 57.0 Å². The van der Waals surface area contributed by atoms with E-state index in [1.165, 1.54) is 23.1 Å². The van der Waals surface area contributed by atoms with Gasteiger partial charge in [0, 0.05) is 11.6 Å². The SMILES string of the molecule is NC(=NC1=NC(=O)C(=Cc2ccc3ncccc3c2)S1)c1cccs1. The van der Waals surface area contributed by atoms with E-state index in [2.05, 4.69) is 15.0 Å². The number of amidine groups is 2. The van der Waals surface area contributed by atoms with Crippen LogP contribution in [0.1, 0.15) is 10.4 Å². The Labute approximate surface area is 152 Å². The Morgan fingerprint density at radius 2 is 2.12 bits per heavy atom. The van der Waals surface area contributed by atoms with Crippen molar-refractivity contribution in [2.75, 3.05) is 0 Å². The molecule has 1 aromatic carbocycles. The van der Waals surface area contributed by atoms with Gasteiger partial charge >= 0.3 is 0 Å². The molecule has 3 heterocycles. The summed E-state index contributed by atoms with van der Waals surface area (Å²) in [6.07, 6.45) is 3.57. The predicted octanol–water partition coefficient (Wildman–Crippen LogP) is 3.67. The maximum atomic E-state index is 12.1. The third-order valence-electron chi connectivity index (χ3n) is 3.52. The van der Waals surface area contributed by atoms with Crippen molar-refractivity contribution in [3.63, 3.8) is 0 Å². The number of hydrogen-bond acceptors (Lipinski definition) is 5. The number of carbonyl (C=O) groups excluding carboxylic acids is 1. The van der Waals surface area contributed by atoms with Gasteiger partial charge in [0.1, 0.15) is 5.84 Å². The average molecular weight is 364 g/mol. The van der Waals surface area contributed by atoms with Crippen molar-refractivity contribution < 1.29 is 4.79 Å². The van der Waals surface area contributed by atoms with E-state index in [9.17, 15) is 4.79 Å². The molecule has 0 aliphatic carbocycles. The minimum absolute atomic E-state index is 0.297. The highest BCUT2D eigenvalue weighted by Gasteiger charge is 2.22. The van der Waals surface area contributed by atoms with Crippen LogP contribution in [0, 0.1) is 0 Å². The summed E-state index contributed by atoms with van der Waals surface area (Å²) in [6, 6.07) is 13.5. The van der Waals surface area contributed by atoms with Crippen molar-refractivity contribution in [3.05, 3.63) is 69.4 Å². The number of thioether (sulfide) groups is 1. The van der Waals surface area contributed by atoms with Gasteiger partial charge in [-0.3, -0.25) is 9.78 Å². The number of fused-ring (bicyclic) bond motifs is 1. The lowest BCUT2D eigenvalue weighted by molar-refractivity contribution is -0.113. The van der Waals surface area contributed by atoms with Crippen molar-refractivity contribution in [1.29, 1.82) is 0 Å². The number of carbonyl (C=O) groups is 1. The molecule has 25 heavy (non-hydrogen) atoms. The summed E-state index contributed by atoms with van der Waals surface area (Å²) in [4.78, 5) is 26.0. The Morgan fingerprint density at radius 3 is 2.96 bits per heavy atom. The van der Waals surface area contributed by atoms with E-state index in [4.69, 9.17) is 5.73 Å². The molecular formula is C18H12N4OS2. The summed E-state index contributed by atoms with van der Waals surface area (Å²) in [6.45, 7) is 0. The highest BCUT2D eigenvalue weighted by atomic mass is 32.2. The molecule has 0 saturated carbocycles. The molecule has 0 unspecified atom stereocenters. The van der Waals surface area contributed by atoms with Crippen LogP contribution in [-0.2, 0) is 4.79 Å². The van der Waals surface area contributed by atoms with Crippen LogP contribution in [0.15, 0.2) is 68.9 Å². The van der Waals surface area contributed by atoms with Crippen molar-refractivity contribution in [2.45, 2.75) is 0 Å². The molecule has 1 aliphatic rings. The number of nitrogens with zero attached hydrogens (tertiary/aromatic N) is 3. The number of amides is 1. The molecule has 0 bridgehead atoms. The summed E-state index contributed by atoms with van der Waals surface area (Å²) in [7, 11) is 0. The molecule has 5 nitrogen and oxygen atoms in total. The molecule has 0 spiro atoms. The van der Waals surface area contributed by atoms with Crippen LogP contribution in [-0.4, -0.2) is 21.9 Å². The molecule has 0 atom stereocenters. The number of pyridine rings is 1. The molecule has 1 amide bonds. The van der Waals surface area contributed by atoms with Gasteiger partial charge in [0.15, 0.2) is 5.17 Å². The van der Waals surface area contributed by atoms with E-state index < -0.39 is 0 Å². The lowest BCUT2D eigenvalue weighted by Gasteiger charge is -1.99. The van der Waals surface area contributed by atoms with Crippen LogP contribution >= 0.6 is 23.1 Å². The van der Waals surface area contributed by atoms with Crippen LogP contribution in [0.25, 0.3) is 17.0 Å². The standard InChI is InChI=1S/C18H12N4OS2/c19-16(14-4-2-8-24-14)21-18-22-17(23)15(25-18)10-11-5-6-13-12(9-11)3-1-7-20-13/h1-10H,(H2,19,21,22,23). The zero-order valence-corrected chi connectivity index (χ0v) is 14.6. The first-order valence-corrected chi connectivity index (χ1v) is 9.14. The second kappa shape index (κ2) is 6.62. The Balaban J connectivity index is 1.59. The normalized spacial score (nSPS) is 16.6. The van der Waals surface area contributed by atoms with Gasteiger partial charge in [-0.15, -0.1) is 11.3 Å². The zero-order valence-electron chi connectivity index (χ0n) is 12.9. The van der Waals surface area contributed by atoms with Gasteiger partial charge in [-0.25, -0.2) is 4.99 Å². The van der Waals surface area contributed by atoms with Crippen LogP contribution in [0.4, 0.5) is 0 Å². The van der Waals surface area contributed by atoms with Gasteiger partial charge in [0.05, 0.1) is 15.3 Å². The highest BCUT2D eigenvalue weighted by molar-refractivity contribution is 8.18. The predicted molar refractivity (Wildman–Crippen MR) is 105 cm³/mol. The van der Waals surface area contributed by atoms with Crippen LogP contribution in [0.5, 0.6) is 0 Å². The molecule has 0 saturated heterocycles. The number of aromatic nitrogens is 1. The molecule has 0 radical (unpaired) electrons. The molecule has 122 valence electrons. The quantitative estimate of drug-likeness (QED) is 0.427. The summed E-state index contributed by atoms with van der Waals surface area (Å²) >= 11 is 2.72. The Morgan fingerprint density at radius 1 is 1.20 bits per heavy atom. The maximum Gasteiger partial charge on any atom is 0.286 e. The minimum Gasteiger partial charge on any atom is -0.382 e. The van der Waals surface area contributed by atoms with Gasteiger partial charge < -0.3 is 5.73 Å². The number of rotatable bonds is 2. The van der Waals surface area contributed by atoms with Gasteiger partial charge in [-0.2, -0.15) is 4.99 Å². The fourth-order valence-electron chi connectivity index (χ4n) is 2.36. The van der Waals surface area contributed by atoms with E-state index in [-0.39, 0.29) is 5.91 Å². The third kappa shape index (κ3) is 3.38. The van der Waals surface area contributed by atoms with Crippen molar-refractivity contribution in [1.82, 2.24) is 4.98 Å². The Hall–Kier alpha value is -2.77. The average Bonchev–Trinajstić information content (AvgIpc) is 3.25. The van der Waals surface area contributed by atoms with Gasteiger partial charge in [-0.05, 0) is 53.0 Å². The highest BCUT2D eigenvalue weighted by Crippen LogP contribution is 2.30. The third-order valence-corrected chi connectivity index (χ3v) is 5.29. The number of aliphatic imine (C=N–C) groups is 2. The number of hydrogen-bond donors (Lipinski definition) is 1. The molecule has 2 aromatic heterocycles. The van der Waals surface area contributed by atoms with Crippen molar-refractivity contribution in [2.24, 2.45) is 15.7 Å².